The summed E-state index contributed by atoms with van der Waals surface area (Å²) in [5.41, 5.74) is 0.886. The summed E-state index contributed by atoms with van der Waals surface area (Å²) < 4.78 is 1.70. The third-order valence-corrected chi connectivity index (χ3v) is 2.62. The predicted octanol–water partition coefficient (Wildman–Crippen LogP) is 0.300. The smallest absolute Gasteiger partial charge is 0.244 e. The van der Waals surface area contributed by atoms with Crippen LogP contribution in [-0.2, 0) is 18.3 Å². The Morgan fingerprint density at radius 1 is 1.58 bits per heavy atom. The van der Waals surface area contributed by atoms with Gasteiger partial charge in [-0.1, -0.05) is 0 Å². The molecule has 2 aromatic heterocycles. The van der Waals surface area contributed by atoms with Crippen LogP contribution in [0.5, 0.6) is 0 Å². The first-order chi connectivity index (χ1) is 9.25. The topological polar surface area (TPSA) is 88.5 Å². The minimum Gasteiger partial charge on any atom is -0.353 e. The van der Waals surface area contributed by atoms with E-state index in [1.165, 1.54) is 12.4 Å². The van der Waals surface area contributed by atoms with E-state index in [9.17, 15) is 4.79 Å². The number of nitrogens with one attached hydrogen (secondary N) is 2. The lowest BCUT2D eigenvalue weighted by molar-refractivity contribution is -0.116. The largest absolute Gasteiger partial charge is 0.353 e. The van der Waals surface area contributed by atoms with Crippen molar-refractivity contribution in [1.29, 1.82) is 0 Å². The van der Waals surface area contributed by atoms with Gasteiger partial charge in [0.25, 0.3) is 0 Å². The lowest BCUT2D eigenvalue weighted by atomic mass is 10.3. The highest BCUT2D eigenvalue weighted by atomic mass is 16.1. The Hall–Kier alpha value is -2.44. The van der Waals surface area contributed by atoms with Crippen LogP contribution in [0.4, 0.5) is 0 Å². The van der Waals surface area contributed by atoms with Crippen LogP contribution in [0, 0.1) is 0 Å². The Bertz CT molecular complexity index is 542. The average Bonchev–Trinajstić information content (AvgIpc) is 3.04. The van der Waals surface area contributed by atoms with Crippen LogP contribution in [0.1, 0.15) is 17.9 Å². The molecular weight excluding hydrogens is 244 g/mol. The third-order valence-electron chi connectivity index (χ3n) is 2.62. The molecule has 0 aromatic carbocycles. The summed E-state index contributed by atoms with van der Waals surface area (Å²) in [6.45, 7) is 0.606. The number of amides is 1. The van der Waals surface area contributed by atoms with Gasteiger partial charge in [0.15, 0.2) is 0 Å². The maximum absolute atomic E-state index is 11.5. The van der Waals surface area contributed by atoms with E-state index in [2.05, 4.69) is 25.6 Å². The summed E-state index contributed by atoms with van der Waals surface area (Å²) in [6.07, 6.45) is 8.00. The molecule has 7 nitrogen and oxygen atoms in total. The van der Waals surface area contributed by atoms with E-state index in [-0.39, 0.29) is 5.91 Å². The molecule has 0 aliphatic carbocycles. The molecule has 7 heteroatoms. The van der Waals surface area contributed by atoms with Crippen LogP contribution < -0.4 is 5.32 Å². The summed E-state index contributed by atoms with van der Waals surface area (Å²) in [7, 11) is 1.83. The van der Waals surface area contributed by atoms with Gasteiger partial charge >= 0.3 is 0 Å². The van der Waals surface area contributed by atoms with E-state index >= 15 is 0 Å². The molecule has 0 unspecified atom stereocenters. The molecule has 2 N–H and O–H groups in total. The molecule has 0 bridgehead atoms. The molecule has 0 saturated carbocycles. The summed E-state index contributed by atoms with van der Waals surface area (Å²) in [5, 5.41) is 13.4. The van der Waals surface area contributed by atoms with Gasteiger partial charge in [0.1, 0.15) is 12.2 Å². The van der Waals surface area contributed by atoms with Crippen molar-refractivity contribution < 1.29 is 4.79 Å². The second-order valence-corrected chi connectivity index (χ2v) is 4.04. The van der Waals surface area contributed by atoms with E-state index in [4.69, 9.17) is 0 Å². The Morgan fingerprint density at radius 2 is 2.47 bits per heavy atom. The summed E-state index contributed by atoms with van der Waals surface area (Å²) in [6, 6.07) is 1.84. The standard InChI is InChI=1S/C12H16N6O/c1-18-10(6-8-16-18)4-5-12(19)13-7-2-3-11-14-9-15-17-11/h4-6,8-9H,2-3,7H2,1H3,(H,13,19)(H,14,15,17). The number of H-pyrrole nitrogens is 1. The van der Waals surface area contributed by atoms with Gasteiger partial charge in [-0.05, 0) is 18.6 Å². The Kier molecular flexibility index (Phi) is 4.44. The Morgan fingerprint density at radius 3 is 3.16 bits per heavy atom. The molecule has 1 amide bonds. The molecular formula is C12H16N6O. The number of carbonyl (C=O) groups excluding carboxylic acids is 1. The lowest BCUT2D eigenvalue weighted by Crippen LogP contribution is -2.22. The number of nitrogens with zero attached hydrogens (tertiary/aromatic N) is 4. The van der Waals surface area contributed by atoms with Crippen molar-refractivity contribution in [3.05, 3.63) is 36.2 Å². The van der Waals surface area contributed by atoms with E-state index < -0.39 is 0 Å². The lowest BCUT2D eigenvalue weighted by Gasteiger charge is -2.00. The fraction of sp³-hybridized carbons (Fsp3) is 0.333. The van der Waals surface area contributed by atoms with Gasteiger partial charge in [0, 0.05) is 32.3 Å². The zero-order valence-corrected chi connectivity index (χ0v) is 10.7. The first-order valence-corrected chi connectivity index (χ1v) is 6.04. The van der Waals surface area contributed by atoms with Crippen molar-refractivity contribution in [2.24, 2.45) is 7.05 Å². The van der Waals surface area contributed by atoms with Crippen LogP contribution in [0.2, 0.25) is 0 Å². The molecule has 2 aromatic rings. The minimum absolute atomic E-state index is 0.112. The molecule has 2 rings (SSSR count). The number of rotatable bonds is 6. The van der Waals surface area contributed by atoms with Crippen LogP contribution in [-0.4, -0.2) is 37.4 Å². The summed E-state index contributed by atoms with van der Waals surface area (Å²) in [4.78, 5) is 15.6. The van der Waals surface area contributed by atoms with Gasteiger partial charge in [-0.3, -0.25) is 14.6 Å². The second kappa shape index (κ2) is 6.48. The predicted molar refractivity (Wildman–Crippen MR) is 70.0 cm³/mol. The highest BCUT2D eigenvalue weighted by Gasteiger charge is 1.98. The molecule has 0 atom stereocenters. The van der Waals surface area contributed by atoms with Crippen LogP contribution in [0.25, 0.3) is 6.08 Å². The van der Waals surface area contributed by atoms with Crippen molar-refractivity contribution in [3.8, 4) is 0 Å². The fourth-order valence-electron chi connectivity index (χ4n) is 1.59. The van der Waals surface area contributed by atoms with Gasteiger partial charge in [-0.2, -0.15) is 10.2 Å². The molecule has 0 fully saturated rings. The molecule has 0 spiro atoms. The van der Waals surface area contributed by atoms with Crippen molar-refractivity contribution in [1.82, 2.24) is 30.3 Å². The molecule has 0 saturated heterocycles. The Labute approximate surface area is 110 Å². The molecule has 0 radical (unpaired) electrons. The first kappa shape index (κ1) is 13.0. The van der Waals surface area contributed by atoms with E-state index in [1.807, 2.05) is 13.1 Å². The van der Waals surface area contributed by atoms with Crippen molar-refractivity contribution in [3.63, 3.8) is 0 Å². The average molecular weight is 260 g/mol. The number of carbonyl (C=O) groups is 1. The van der Waals surface area contributed by atoms with E-state index in [0.717, 1.165) is 24.4 Å². The number of hydrogen-bond donors (Lipinski definition) is 2. The number of aryl methyl sites for hydroxylation is 2. The maximum Gasteiger partial charge on any atom is 0.244 e. The van der Waals surface area contributed by atoms with Gasteiger partial charge in [0.05, 0.1) is 5.69 Å². The number of hydrogen-bond acceptors (Lipinski definition) is 4. The van der Waals surface area contributed by atoms with Gasteiger partial charge < -0.3 is 5.32 Å². The molecule has 19 heavy (non-hydrogen) atoms. The summed E-state index contributed by atoms with van der Waals surface area (Å²) >= 11 is 0. The van der Waals surface area contributed by atoms with Crippen molar-refractivity contribution in [2.75, 3.05) is 6.54 Å². The van der Waals surface area contributed by atoms with Crippen LogP contribution >= 0.6 is 0 Å². The highest BCUT2D eigenvalue weighted by molar-refractivity contribution is 5.91. The Balaban J connectivity index is 1.67. The fourth-order valence-corrected chi connectivity index (χ4v) is 1.59. The van der Waals surface area contributed by atoms with Crippen molar-refractivity contribution in [2.45, 2.75) is 12.8 Å². The zero-order valence-electron chi connectivity index (χ0n) is 10.7. The van der Waals surface area contributed by atoms with Crippen LogP contribution in [0.15, 0.2) is 24.7 Å². The molecule has 2 heterocycles. The third kappa shape index (κ3) is 4.06. The van der Waals surface area contributed by atoms with Gasteiger partial charge in [-0.15, -0.1) is 0 Å². The van der Waals surface area contributed by atoms with E-state index in [1.54, 1.807) is 17.0 Å². The monoisotopic (exact) mass is 260 g/mol. The SMILES string of the molecule is Cn1nccc1C=CC(=O)NCCCc1ncn[nH]1. The number of aromatic nitrogens is 5. The molecule has 0 aliphatic heterocycles. The van der Waals surface area contributed by atoms with Gasteiger partial charge in [-0.25, -0.2) is 4.98 Å². The van der Waals surface area contributed by atoms with Crippen molar-refractivity contribution >= 4 is 12.0 Å². The zero-order chi connectivity index (χ0) is 13.5. The first-order valence-electron chi connectivity index (χ1n) is 6.04. The number of aromatic amines is 1. The molecule has 0 aliphatic rings. The summed E-state index contributed by atoms with van der Waals surface area (Å²) in [5.74, 6) is 0.721. The van der Waals surface area contributed by atoms with E-state index in [0.29, 0.717) is 6.54 Å². The quantitative estimate of drug-likeness (QED) is 0.577. The second-order valence-electron chi connectivity index (χ2n) is 4.04. The normalized spacial score (nSPS) is 11.0. The molecule has 100 valence electrons. The minimum atomic E-state index is -0.112. The maximum atomic E-state index is 11.5. The van der Waals surface area contributed by atoms with Crippen LogP contribution in [0.3, 0.4) is 0 Å². The van der Waals surface area contributed by atoms with Gasteiger partial charge in [0.2, 0.25) is 5.91 Å². The highest BCUT2D eigenvalue weighted by Crippen LogP contribution is 1.98.